The third-order valence-corrected chi connectivity index (χ3v) is 7.19. The first-order chi connectivity index (χ1) is 19.0. The van der Waals surface area contributed by atoms with Crippen LogP contribution in [-0.2, 0) is 14.4 Å². The number of anilines is 2. The fraction of sp³-hybridized carbons (Fsp3) is 0.111. The molecule has 5 amide bonds. The average Bonchev–Trinajstić information content (AvgIpc) is 2.89. The second-order valence-electron chi connectivity index (χ2n) is 8.39. The number of hydrogen-bond acceptors (Lipinski definition) is 6. The number of amides is 5. The number of ether oxygens (including phenoxy) is 2. The van der Waals surface area contributed by atoms with Crippen molar-refractivity contribution in [1.82, 2.24) is 5.32 Å². The van der Waals surface area contributed by atoms with Crippen molar-refractivity contribution in [1.29, 1.82) is 0 Å². The van der Waals surface area contributed by atoms with E-state index in [0.717, 1.165) is 4.90 Å². The molecule has 1 aliphatic rings. The van der Waals surface area contributed by atoms with Gasteiger partial charge in [0, 0.05) is 10.7 Å². The van der Waals surface area contributed by atoms with Crippen molar-refractivity contribution in [2.45, 2.75) is 6.92 Å². The minimum absolute atomic E-state index is 0.208. The largest absolute Gasteiger partial charge is 0.493 e. The lowest BCUT2D eigenvalue weighted by Gasteiger charge is -2.27. The van der Waals surface area contributed by atoms with E-state index >= 15 is 0 Å². The Hall–Kier alpha value is -3.57. The number of nitrogens with zero attached hydrogens (tertiary/aromatic N) is 1. The number of rotatable bonds is 7. The summed E-state index contributed by atoms with van der Waals surface area (Å²) in [5, 5.41) is 5.78. The average molecular weight is 668 g/mol. The van der Waals surface area contributed by atoms with Gasteiger partial charge in [-0.05, 0) is 82.5 Å². The Morgan fingerprint density at radius 2 is 1.80 bits per heavy atom. The summed E-state index contributed by atoms with van der Waals surface area (Å²) in [6.07, 6.45) is 1.31. The SMILES string of the molecule is COc1cc(/C=C2\C(=O)NC(=O)N(c3cc(Cl)ccc3C)C2=O)cc(Br)c1OCC(=O)Nc1ccc(Cl)c(Cl)c1. The maximum atomic E-state index is 13.3. The highest BCUT2D eigenvalue weighted by molar-refractivity contribution is 9.10. The summed E-state index contributed by atoms with van der Waals surface area (Å²) < 4.78 is 11.5. The van der Waals surface area contributed by atoms with Crippen molar-refractivity contribution in [3.63, 3.8) is 0 Å². The topological polar surface area (TPSA) is 114 Å². The number of carbonyl (C=O) groups is 4. The van der Waals surface area contributed by atoms with Gasteiger partial charge in [-0.25, -0.2) is 9.69 Å². The van der Waals surface area contributed by atoms with Gasteiger partial charge < -0.3 is 14.8 Å². The van der Waals surface area contributed by atoms with Gasteiger partial charge in [-0.3, -0.25) is 19.7 Å². The van der Waals surface area contributed by atoms with Gasteiger partial charge in [0.2, 0.25) is 0 Å². The zero-order valence-electron chi connectivity index (χ0n) is 20.8. The highest BCUT2D eigenvalue weighted by Gasteiger charge is 2.37. The first-order valence-corrected chi connectivity index (χ1v) is 13.3. The molecular formula is C27H19BrCl3N3O6. The number of halogens is 4. The summed E-state index contributed by atoms with van der Waals surface area (Å²) in [5.41, 5.74) is 1.38. The highest BCUT2D eigenvalue weighted by atomic mass is 79.9. The Morgan fingerprint density at radius 3 is 2.50 bits per heavy atom. The molecule has 0 unspecified atom stereocenters. The van der Waals surface area contributed by atoms with Gasteiger partial charge in [-0.2, -0.15) is 0 Å². The third-order valence-electron chi connectivity index (χ3n) is 5.63. The highest BCUT2D eigenvalue weighted by Crippen LogP contribution is 2.38. The standard InChI is InChI=1S/C27H19BrCl3N3O6/c1-13-3-4-15(29)10-21(13)34-26(37)17(25(36)33-27(34)38)7-14-8-18(28)24(22(9-14)39-2)40-12-23(35)32-16-5-6-19(30)20(31)11-16/h3-11H,12H2,1-2H3,(H,32,35)(H,33,36,38)/b17-7+. The summed E-state index contributed by atoms with van der Waals surface area (Å²) in [4.78, 5) is 51.7. The maximum absolute atomic E-state index is 13.3. The van der Waals surface area contributed by atoms with Gasteiger partial charge in [-0.1, -0.05) is 40.9 Å². The molecule has 9 nitrogen and oxygen atoms in total. The summed E-state index contributed by atoms with van der Waals surface area (Å²) in [6.45, 7) is 1.34. The van der Waals surface area contributed by atoms with E-state index < -0.39 is 23.8 Å². The Bertz CT molecular complexity index is 1590. The van der Waals surface area contributed by atoms with Gasteiger partial charge in [0.05, 0.1) is 27.3 Å². The van der Waals surface area contributed by atoms with Crippen molar-refractivity contribution in [2.24, 2.45) is 0 Å². The van der Waals surface area contributed by atoms with Crippen molar-refractivity contribution in [2.75, 3.05) is 23.9 Å². The Morgan fingerprint density at radius 1 is 1.05 bits per heavy atom. The van der Waals surface area contributed by atoms with E-state index in [1.54, 1.807) is 37.3 Å². The van der Waals surface area contributed by atoms with E-state index in [-0.39, 0.29) is 34.4 Å². The molecule has 0 saturated carbocycles. The van der Waals surface area contributed by atoms with E-state index in [0.29, 0.717) is 31.3 Å². The smallest absolute Gasteiger partial charge is 0.335 e. The predicted octanol–water partition coefficient (Wildman–Crippen LogP) is 6.41. The first-order valence-electron chi connectivity index (χ1n) is 11.4. The number of methoxy groups -OCH3 is 1. The van der Waals surface area contributed by atoms with Crippen LogP contribution in [0.2, 0.25) is 15.1 Å². The minimum atomic E-state index is -0.890. The van der Waals surface area contributed by atoms with Crippen LogP contribution in [0, 0.1) is 6.92 Å². The van der Waals surface area contributed by atoms with Crippen LogP contribution < -0.4 is 25.0 Å². The van der Waals surface area contributed by atoms with Gasteiger partial charge in [-0.15, -0.1) is 0 Å². The number of imide groups is 2. The monoisotopic (exact) mass is 665 g/mol. The lowest BCUT2D eigenvalue weighted by molar-refractivity contribution is -0.122. The number of urea groups is 1. The molecule has 1 heterocycles. The molecule has 2 N–H and O–H groups in total. The number of nitrogens with one attached hydrogen (secondary N) is 2. The molecule has 1 saturated heterocycles. The van der Waals surface area contributed by atoms with Crippen LogP contribution in [-0.4, -0.2) is 37.5 Å². The lowest BCUT2D eigenvalue weighted by atomic mass is 10.1. The molecule has 1 aliphatic heterocycles. The first kappa shape index (κ1) is 29.4. The molecule has 3 aromatic carbocycles. The lowest BCUT2D eigenvalue weighted by Crippen LogP contribution is -2.54. The van der Waals surface area contributed by atoms with E-state index in [9.17, 15) is 19.2 Å². The third kappa shape index (κ3) is 6.42. The molecule has 0 atom stereocenters. The number of aryl methyl sites for hydroxylation is 1. The van der Waals surface area contributed by atoms with Crippen LogP contribution in [0.5, 0.6) is 11.5 Å². The molecule has 3 aromatic rings. The van der Waals surface area contributed by atoms with Gasteiger partial charge in [0.15, 0.2) is 18.1 Å². The molecule has 1 fully saturated rings. The number of carbonyl (C=O) groups excluding carboxylic acids is 4. The van der Waals surface area contributed by atoms with Crippen LogP contribution in [0.4, 0.5) is 16.2 Å². The van der Waals surface area contributed by atoms with Crippen molar-refractivity contribution >= 4 is 91.9 Å². The second-order valence-corrected chi connectivity index (χ2v) is 10.5. The van der Waals surface area contributed by atoms with Gasteiger partial charge >= 0.3 is 6.03 Å². The van der Waals surface area contributed by atoms with Crippen LogP contribution in [0.3, 0.4) is 0 Å². The summed E-state index contributed by atoms with van der Waals surface area (Å²) in [6, 6.07) is 11.6. The fourth-order valence-electron chi connectivity index (χ4n) is 3.74. The summed E-state index contributed by atoms with van der Waals surface area (Å²) in [5.74, 6) is -1.73. The molecule has 0 aromatic heterocycles. The van der Waals surface area contributed by atoms with E-state index in [1.165, 1.54) is 31.4 Å². The molecule has 4 rings (SSSR count). The maximum Gasteiger partial charge on any atom is 0.335 e. The zero-order valence-corrected chi connectivity index (χ0v) is 24.7. The molecule has 40 heavy (non-hydrogen) atoms. The zero-order chi connectivity index (χ0) is 29.1. The Balaban J connectivity index is 1.57. The van der Waals surface area contributed by atoms with Gasteiger partial charge in [0.1, 0.15) is 5.57 Å². The normalized spacial score (nSPS) is 14.3. The molecule has 0 spiro atoms. The van der Waals surface area contributed by atoms with Crippen LogP contribution in [0.15, 0.2) is 58.6 Å². The van der Waals surface area contributed by atoms with E-state index in [2.05, 4.69) is 26.6 Å². The number of barbiturate groups is 1. The summed E-state index contributed by atoms with van der Waals surface area (Å²) in [7, 11) is 1.39. The molecule has 0 bridgehead atoms. The van der Waals surface area contributed by atoms with E-state index in [1.807, 2.05) is 0 Å². The number of hydrogen-bond donors (Lipinski definition) is 2. The van der Waals surface area contributed by atoms with Crippen molar-refractivity contribution in [3.8, 4) is 11.5 Å². The van der Waals surface area contributed by atoms with E-state index in [4.69, 9.17) is 44.3 Å². The Labute approximate surface area is 252 Å². The predicted molar refractivity (Wildman–Crippen MR) is 156 cm³/mol. The van der Waals surface area contributed by atoms with Crippen LogP contribution in [0.25, 0.3) is 6.08 Å². The van der Waals surface area contributed by atoms with Crippen molar-refractivity contribution < 1.29 is 28.7 Å². The minimum Gasteiger partial charge on any atom is -0.493 e. The van der Waals surface area contributed by atoms with Crippen LogP contribution >= 0.6 is 50.7 Å². The quantitative estimate of drug-likeness (QED) is 0.223. The molecule has 13 heteroatoms. The van der Waals surface area contributed by atoms with Gasteiger partial charge in [0.25, 0.3) is 17.7 Å². The molecule has 0 aliphatic carbocycles. The van der Waals surface area contributed by atoms with Crippen molar-refractivity contribution in [3.05, 3.63) is 84.8 Å². The fourth-order valence-corrected chi connectivity index (χ4v) is 4.78. The Kier molecular flexibility index (Phi) is 9.05. The molecule has 206 valence electrons. The number of benzene rings is 3. The second kappa shape index (κ2) is 12.3. The molecule has 0 radical (unpaired) electrons. The molecular weight excluding hydrogens is 649 g/mol. The summed E-state index contributed by atoms with van der Waals surface area (Å²) >= 11 is 21.3. The van der Waals surface area contributed by atoms with Crippen LogP contribution in [0.1, 0.15) is 11.1 Å².